The standard InChI is InChI=1S/C20H21F3N2O3S/c1-29(18-10-24-8-6-17(18)20(21,22)23)16-7-9-25(11-16)19(27)13-28-15-4-2-14(12-26)3-5-15/h2-6,8,10,16,26H,1,7,9,11-13H2/t16-,29?/m0/s1. The monoisotopic (exact) mass is 426 g/mol. The fourth-order valence-electron chi connectivity index (χ4n) is 3.12. The molecule has 3 rings (SSSR count). The minimum atomic E-state index is -4.46. The molecule has 1 fully saturated rings. The first-order valence-electron chi connectivity index (χ1n) is 8.94. The van der Waals surface area contributed by atoms with Gasteiger partial charge in [0.25, 0.3) is 5.91 Å². The third-order valence-electron chi connectivity index (χ3n) is 4.74. The molecule has 156 valence electrons. The molecule has 29 heavy (non-hydrogen) atoms. The van der Waals surface area contributed by atoms with Crippen molar-refractivity contribution < 1.29 is 27.8 Å². The largest absolute Gasteiger partial charge is 0.484 e. The summed E-state index contributed by atoms with van der Waals surface area (Å²) < 4.78 is 45.3. The van der Waals surface area contributed by atoms with Gasteiger partial charge in [0.1, 0.15) is 5.75 Å². The lowest BCUT2D eigenvalue weighted by molar-refractivity contribution is -0.139. The van der Waals surface area contributed by atoms with Crippen molar-refractivity contribution in [2.24, 2.45) is 0 Å². The summed E-state index contributed by atoms with van der Waals surface area (Å²) in [6, 6.07) is 7.70. The first kappa shape index (κ1) is 21.3. The molecule has 0 radical (unpaired) electrons. The smallest absolute Gasteiger partial charge is 0.417 e. The molecule has 0 aliphatic carbocycles. The van der Waals surface area contributed by atoms with Crippen LogP contribution in [0.5, 0.6) is 5.75 Å². The van der Waals surface area contributed by atoms with Crippen molar-refractivity contribution in [2.45, 2.75) is 29.3 Å². The molecule has 1 aromatic heterocycles. The number of alkyl halides is 3. The zero-order valence-electron chi connectivity index (χ0n) is 15.6. The molecule has 2 aromatic rings. The van der Waals surface area contributed by atoms with E-state index in [1.165, 1.54) is 6.20 Å². The van der Waals surface area contributed by atoms with E-state index in [0.29, 0.717) is 25.3 Å². The summed E-state index contributed by atoms with van der Waals surface area (Å²) in [5, 5.41) is 8.87. The highest BCUT2D eigenvalue weighted by Gasteiger charge is 2.36. The summed E-state index contributed by atoms with van der Waals surface area (Å²) in [6.07, 6.45) is -1.54. The number of ether oxygens (including phenoxy) is 1. The average molecular weight is 426 g/mol. The normalized spacial score (nSPS) is 17.9. The van der Waals surface area contributed by atoms with E-state index in [1.54, 1.807) is 29.2 Å². The molecule has 1 unspecified atom stereocenters. The van der Waals surface area contributed by atoms with E-state index in [9.17, 15) is 18.0 Å². The summed E-state index contributed by atoms with van der Waals surface area (Å²) in [5.74, 6) is 4.25. The Hall–Kier alpha value is -2.39. The number of likely N-dealkylation sites (tertiary alicyclic amines) is 1. The van der Waals surface area contributed by atoms with Crippen LogP contribution in [0.3, 0.4) is 0 Å². The van der Waals surface area contributed by atoms with Crippen molar-refractivity contribution in [2.75, 3.05) is 19.7 Å². The molecular weight excluding hydrogens is 405 g/mol. The molecule has 1 saturated heterocycles. The Kier molecular flexibility index (Phi) is 6.59. The Morgan fingerprint density at radius 3 is 2.69 bits per heavy atom. The highest BCUT2D eigenvalue weighted by molar-refractivity contribution is 8.14. The van der Waals surface area contributed by atoms with Crippen molar-refractivity contribution in [1.82, 2.24) is 9.88 Å². The molecule has 0 spiro atoms. The molecule has 0 bridgehead atoms. The van der Waals surface area contributed by atoms with Gasteiger partial charge < -0.3 is 14.7 Å². The predicted octanol–water partition coefficient (Wildman–Crippen LogP) is 3.33. The summed E-state index contributed by atoms with van der Waals surface area (Å²) >= 11 is 0. The Labute approximate surface area is 169 Å². The van der Waals surface area contributed by atoms with Crippen LogP contribution < -0.4 is 4.74 Å². The van der Waals surface area contributed by atoms with Crippen LogP contribution >= 0.6 is 10.5 Å². The summed E-state index contributed by atoms with van der Waals surface area (Å²) in [5.41, 5.74) is 0.0208. The summed E-state index contributed by atoms with van der Waals surface area (Å²) in [4.78, 5) is 17.9. The molecule has 1 aromatic carbocycles. The highest BCUT2D eigenvalue weighted by atomic mass is 32.2. The van der Waals surface area contributed by atoms with Crippen LogP contribution in [0, 0.1) is 0 Å². The lowest BCUT2D eigenvalue weighted by Gasteiger charge is -2.21. The molecule has 1 aliphatic heterocycles. The van der Waals surface area contributed by atoms with Gasteiger partial charge in [-0.2, -0.15) is 23.7 Å². The van der Waals surface area contributed by atoms with Gasteiger partial charge in [0.2, 0.25) is 0 Å². The molecule has 5 nitrogen and oxygen atoms in total. The Balaban J connectivity index is 1.59. The van der Waals surface area contributed by atoms with E-state index in [-0.39, 0.29) is 29.3 Å². The second-order valence-corrected chi connectivity index (χ2v) is 8.60. The summed E-state index contributed by atoms with van der Waals surface area (Å²) in [7, 11) is -0.939. The van der Waals surface area contributed by atoms with Crippen molar-refractivity contribution in [3.8, 4) is 5.75 Å². The number of aromatic nitrogens is 1. The minimum absolute atomic E-state index is 0.0750. The molecule has 1 amide bonds. The molecule has 2 heterocycles. The molecule has 2 atom stereocenters. The second kappa shape index (κ2) is 8.96. The van der Waals surface area contributed by atoms with Gasteiger partial charge in [-0.1, -0.05) is 18.0 Å². The van der Waals surface area contributed by atoms with Crippen LogP contribution in [0.2, 0.25) is 0 Å². The van der Waals surface area contributed by atoms with Crippen LogP contribution in [0.1, 0.15) is 17.5 Å². The first-order valence-corrected chi connectivity index (χ1v) is 10.4. The van der Waals surface area contributed by atoms with Crippen LogP contribution in [0.4, 0.5) is 13.2 Å². The third-order valence-corrected chi connectivity index (χ3v) is 6.82. The number of hydrogen-bond donors (Lipinski definition) is 1. The van der Waals surface area contributed by atoms with Gasteiger partial charge >= 0.3 is 6.18 Å². The Morgan fingerprint density at radius 2 is 2.03 bits per heavy atom. The van der Waals surface area contributed by atoms with Crippen molar-refractivity contribution in [1.29, 1.82) is 0 Å². The van der Waals surface area contributed by atoms with Crippen molar-refractivity contribution in [3.05, 3.63) is 53.9 Å². The van der Waals surface area contributed by atoms with E-state index >= 15 is 0 Å². The number of aliphatic hydroxyl groups excluding tert-OH is 1. The van der Waals surface area contributed by atoms with Gasteiger partial charge in [0.05, 0.1) is 12.2 Å². The van der Waals surface area contributed by atoms with Gasteiger partial charge in [-0.25, -0.2) is 0 Å². The molecule has 1 aliphatic rings. The van der Waals surface area contributed by atoms with E-state index in [1.807, 2.05) is 0 Å². The van der Waals surface area contributed by atoms with E-state index in [0.717, 1.165) is 17.8 Å². The van der Waals surface area contributed by atoms with Gasteiger partial charge in [0.15, 0.2) is 6.61 Å². The Bertz CT molecular complexity index is 887. The van der Waals surface area contributed by atoms with Crippen LogP contribution in [-0.4, -0.2) is 51.7 Å². The zero-order chi connectivity index (χ0) is 21.0. The van der Waals surface area contributed by atoms with Gasteiger partial charge in [-0.15, -0.1) is 0 Å². The van der Waals surface area contributed by atoms with Crippen molar-refractivity contribution in [3.63, 3.8) is 0 Å². The average Bonchev–Trinajstić information content (AvgIpc) is 3.21. The van der Waals surface area contributed by atoms with Gasteiger partial charge in [-0.3, -0.25) is 9.78 Å². The van der Waals surface area contributed by atoms with E-state index < -0.39 is 22.2 Å². The van der Waals surface area contributed by atoms with E-state index in [4.69, 9.17) is 9.84 Å². The summed E-state index contributed by atoms with van der Waals surface area (Å²) in [6.45, 7) is 0.562. The molecule has 0 saturated carbocycles. The number of amides is 1. The maximum Gasteiger partial charge on any atom is 0.417 e. The van der Waals surface area contributed by atoms with Crippen LogP contribution in [0.25, 0.3) is 0 Å². The SMILES string of the molecule is C=S(c1cnccc1C(F)(F)F)[C@H]1CCN(C(=O)COc2ccc(CO)cc2)C1. The second-order valence-electron chi connectivity index (χ2n) is 6.64. The van der Waals surface area contributed by atoms with Crippen LogP contribution in [0.15, 0.2) is 47.6 Å². The third kappa shape index (κ3) is 5.16. The van der Waals surface area contributed by atoms with Gasteiger partial charge in [-0.05, 0) is 30.2 Å². The van der Waals surface area contributed by atoms with E-state index in [2.05, 4.69) is 10.9 Å². The maximum atomic E-state index is 13.3. The molecular formula is C20H21F3N2O3S. The lowest BCUT2D eigenvalue weighted by atomic mass is 10.2. The lowest BCUT2D eigenvalue weighted by Crippen LogP contribution is -2.33. The number of halogens is 3. The topological polar surface area (TPSA) is 62.7 Å². The Morgan fingerprint density at radius 1 is 1.31 bits per heavy atom. The number of aliphatic hydroxyl groups is 1. The number of benzene rings is 1. The maximum absolute atomic E-state index is 13.3. The van der Waals surface area contributed by atoms with Gasteiger partial charge in [0, 0.05) is 35.6 Å². The highest BCUT2D eigenvalue weighted by Crippen LogP contribution is 2.42. The number of hydrogen-bond acceptors (Lipinski definition) is 4. The number of carbonyl (C=O) groups excluding carboxylic acids is 1. The predicted molar refractivity (Wildman–Crippen MR) is 105 cm³/mol. The first-order chi connectivity index (χ1) is 13.8. The fourth-order valence-corrected chi connectivity index (χ4v) is 4.89. The molecule has 9 heteroatoms. The van der Waals surface area contributed by atoms with Crippen molar-refractivity contribution >= 4 is 22.3 Å². The fraction of sp³-hybridized carbons (Fsp3) is 0.350. The quantitative estimate of drug-likeness (QED) is 0.720. The molecule has 1 N–H and O–H groups in total. The number of nitrogens with zero attached hydrogens (tertiary/aromatic N) is 2. The minimum Gasteiger partial charge on any atom is -0.484 e. The van der Waals surface area contributed by atoms with Crippen LogP contribution in [-0.2, 0) is 17.6 Å². The number of pyridine rings is 1. The number of carbonyl (C=O) groups is 1. The zero-order valence-corrected chi connectivity index (χ0v) is 16.4. The number of rotatable bonds is 6.